The number of hydrogen-bond donors (Lipinski definition) is 1. The van der Waals surface area contributed by atoms with E-state index in [-0.39, 0.29) is 0 Å². The van der Waals surface area contributed by atoms with Gasteiger partial charge in [-0.05, 0) is 31.2 Å². The molecule has 16 heavy (non-hydrogen) atoms. The van der Waals surface area contributed by atoms with Gasteiger partial charge in [-0.25, -0.2) is 9.97 Å². The van der Waals surface area contributed by atoms with Crippen molar-refractivity contribution in [2.24, 2.45) is 0 Å². The van der Waals surface area contributed by atoms with E-state index in [1.807, 2.05) is 31.2 Å². The number of ether oxygens (including phenoxy) is 1. The van der Waals surface area contributed by atoms with Crippen molar-refractivity contribution in [3.8, 4) is 17.1 Å². The zero-order chi connectivity index (χ0) is 11.5. The lowest BCUT2D eigenvalue weighted by Gasteiger charge is -2.06. The van der Waals surface area contributed by atoms with Crippen LogP contribution in [0.2, 0.25) is 0 Å². The molecule has 0 saturated carbocycles. The normalized spacial score (nSPS) is 10.1. The molecule has 0 unspecified atom stereocenters. The first kappa shape index (κ1) is 10.4. The summed E-state index contributed by atoms with van der Waals surface area (Å²) in [4.78, 5) is 8.53. The molecular formula is C12H13N3O. The Morgan fingerprint density at radius 1 is 1.25 bits per heavy atom. The molecule has 4 nitrogen and oxygen atoms in total. The van der Waals surface area contributed by atoms with Crippen LogP contribution in [0, 0.1) is 6.92 Å². The maximum Gasteiger partial charge on any atom is 0.159 e. The first-order valence-electron chi connectivity index (χ1n) is 4.94. The molecule has 0 radical (unpaired) electrons. The maximum absolute atomic E-state index is 5.83. The Balaban J connectivity index is 2.45. The first-order valence-corrected chi connectivity index (χ1v) is 4.94. The molecule has 0 aliphatic heterocycles. The topological polar surface area (TPSA) is 61.0 Å². The quantitative estimate of drug-likeness (QED) is 0.779. The Kier molecular flexibility index (Phi) is 2.72. The highest BCUT2D eigenvalue weighted by atomic mass is 16.5. The summed E-state index contributed by atoms with van der Waals surface area (Å²) in [6.45, 7) is 1.93. The molecule has 0 aliphatic carbocycles. The number of aromatic nitrogens is 2. The molecule has 2 aromatic rings. The number of anilines is 1. The van der Waals surface area contributed by atoms with E-state index < -0.39 is 0 Å². The van der Waals surface area contributed by atoms with Crippen LogP contribution in [0.5, 0.6) is 5.75 Å². The minimum Gasteiger partial charge on any atom is -0.495 e. The van der Waals surface area contributed by atoms with Gasteiger partial charge in [-0.1, -0.05) is 0 Å². The fourth-order valence-corrected chi connectivity index (χ4v) is 1.46. The Morgan fingerprint density at radius 3 is 2.69 bits per heavy atom. The summed E-state index contributed by atoms with van der Waals surface area (Å²) in [7, 11) is 1.59. The van der Waals surface area contributed by atoms with Gasteiger partial charge in [-0.15, -0.1) is 0 Å². The summed E-state index contributed by atoms with van der Waals surface area (Å²) in [5, 5.41) is 0. The lowest BCUT2D eigenvalue weighted by atomic mass is 10.1. The molecule has 0 spiro atoms. The van der Waals surface area contributed by atoms with Crippen molar-refractivity contribution in [1.29, 1.82) is 0 Å². The molecule has 0 saturated heterocycles. The van der Waals surface area contributed by atoms with Gasteiger partial charge in [0, 0.05) is 17.5 Å². The molecule has 2 N–H and O–H groups in total. The fourth-order valence-electron chi connectivity index (χ4n) is 1.46. The average molecular weight is 215 g/mol. The molecule has 0 fully saturated rings. The van der Waals surface area contributed by atoms with Gasteiger partial charge in [0.25, 0.3) is 0 Å². The van der Waals surface area contributed by atoms with Crippen molar-refractivity contribution in [1.82, 2.24) is 9.97 Å². The second kappa shape index (κ2) is 4.18. The molecule has 1 heterocycles. The number of nitrogens with zero attached hydrogens (tertiary/aromatic N) is 2. The molecule has 1 aromatic carbocycles. The highest BCUT2D eigenvalue weighted by Gasteiger charge is 2.04. The van der Waals surface area contributed by atoms with E-state index in [0.29, 0.717) is 17.3 Å². The number of aryl methyl sites for hydroxylation is 1. The van der Waals surface area contributed by atoms with Crippen LogP contribution in [-0.4, -0.2) is 17.1 Å². The van der Waals surface area contributed by atoms with Crippen LogP contribution in [0.25, 0.3) is 11.4 Å². The van der Waals surface area contributed by atoms with E-state index in [1.54, 1.807) is 13.3 Å². The Bertz CT molecular complexity index is 511. The molecule has 0 amide bonds. The third-order valence-electron chi connectivity index (χ3n) is 2.28. The predicted molar refractivity (Wildman–Crippen MR) is 63.2 cm³/mol. The lowest BCUT2D eigenvalue weighted by Crippen LogP contribution is -1.95. The van der Waals surface area contributed by atoms with E-state index in [2.05, 4.69) is 9.97 Å². The smallest absolute Gasteiger partial charge is 0.159 e. The van der Waals surface area contributed by atoms with Crippen LogP contribution < -0.4 is 10.5 Å². The predicted octanol–water partition coefficient (Wildman–Crippen LogP) is 2.04. The van der Waals surface area contributed by atoms with E-state index in [4.69, 9.17) is 10.5 Å². The highest BCUT2D eigenvalue weighted by molar-refractivity contribution is 5.66. The molecular weight excluding hydrogens is 202 g/mol. The van der Waals surface area contributed by atoms with Crippen molar-refractivity contribution >= 4 is 5.69 Å². The van der Waals surface area contributed by atoms with E-state index >= 15 is 0 Å². The number of nitrogen functional groups attached to an aromatic ring is 1. The zero-order valence-electron chi connectivity index (χ0n) is 9.27. The van der Waals surface area contributed by atoms with E-state index in [0.717, 1.165) is 11.3 Å². The second-order valence-electron chi connectivity index (χ2n) is 3.48. The molecule has 0 aliphatic rings. The van der Waals surface area contributed by atoms with Gasteiger partial charge in [0.1, 0.15) is 5.75 Å². The van der Waals surface area contributed by atoms with Crippen LogP contribution in [0.3, 0.4) is 0 Å². The van der Waals surface area contributed by atoms with Crippen LogP contribution in [0.1, 0.15) is 5.69 Å². The van der Waals surface area contributed by atoms with E-state index in [1.165, 1.54) is 0 Å². The number of methoxy groups -OCH3 is 1. The third-order valence-corrected chi connectivity index (χ3v) is 2.28. The third kappa shape index (κ3) is 1.95. The van der Waals surface area contributed by atoms with Gasteiger partial charge in [0.2, 0.25) is 0 Å². The monoisotopic (exact) mass is 215 g/mol. The Hall–Kier alpha value is -2.10. The Morgan fingerprint density at radius 2 is 2.06 bits per heavy atom. The second-order valence-corrected chi connectivity index (χ2v) is 3.48. The fraction of sp³-hybridized carbons (Fsp3) is 0.167. The summed E-state index contributed by atoms with van der Waals surface area (Å²) in [5.41, 5.74) is 8.24. The van der Waals surface area contributed by atoms with Crippen molar-refractivity contribution < 1.29 is 4.74 Å². The molecule has 0 bridgehead atoms. The van der Waals surface area contributed by atoms with Gasteiger partial charge in [0.05, 0.1) is 12.8 Å². The number of hydrogen-bond acceptors (Lipinski definition) is 4. The largest absolute Gasteiger partial charge is 0.495 e. The average Bonchev–Trinajstić information content (AvgIpc) is 2.29. The molecule has 4 heteroatoms. The minimum atomic E-state index is 0.588. The lowest BCUT2D eigenvalue weighted by molar-refractivity contribution is 0.417. The summed E-state index contributed by atoms with van der Waals surface area (Å²) < 4.78 is 5.09. The minimum absolute atomic E-state index is 0.588. The van der Waals surface area contributed by atoms with Gasteiger partial charge < -0.3 is 10.5 Å². The van der Waals surface area contributed by atoms with Crippen molar-refractivity contribution in [2.75, 3.05) is 12.8 Å². The Labute approximate surface area is 94.1 Å². The standard InChI is InChI=1S/C12H13N3O/c1-8-5-6-14-12(15-8)9-3-4-11(16-2)10(13)7-9/h3-7H,13H2,1-2H3. The maximum atomic E-state index is 5.83. The van der Waals surface area contributed by atoms with Gasteiger partial charge in [0.15, 0.2) is 5.82 Å². The van der Waals surface area contributed by atoms with Crippen LogP contribution in [-0.2, 0) is 0 Å². The molecule has 82 valence electrons. The van der Waals surface area contributed by atoms with Crippen molar-refractivity contribution in [3.63, 3.8) is 0 Å². The van der Waals surface area contributed by atoms with Crippen LogP contribution in [0.15, 0.2) is 30.5 Å². The summed E-state index contributed by atoms with van der Waals surface area (Å²) in [6, 6.07) is 7.38. The number of benzene rings is 1. The van der Waals surface area contributed by atoms with Crippen molar-refractivity contribution in [2.45, 2.75) is 6.92 Å². The van der Waals surface area contributed by atoms with Gasteiger partial charge >= 0.3 is 0 Å². The van der Waals surface area contributed by atoms with Crippen LogP contribution in [0.4, 0.5) is 5.69 Å². The van der Waals surface area contributed by atoms with Crippen LogP contribution >= 0.6 is 0 Å². The summed E-state index contributed by atoms with van der Waals surface area (Å²) in [6.07, 6.45) is 1.73. The number of rotatable bonds is 2. The summed E-state index contributed by atoms with van der Waals surface area (Å²) >= 11 is 0. The summed E-state index contributed by atoms with van der Waals surface area (Å²) in [5.74, 6) is 1.34. The SMILES string of the molecule is COc1ccc(-c2nccc(C)n2)cc1N. The first-order chi connectivity index (χ1) is 7.70. The van der Waals surface area contributed by atoms with Gasteiger partial charge in [-0.2, -0.15) is 0 Å². The molecule has 2 rings (SSSR count). The highest BCUT2D eigenvalue weighted by Crippen LogP contribution is 2.26. The molecule has 0 atom stereocenters. The number of nitrogens with two attached hydrogens (primary N) is 1. The zero-order valence-corrected chi connectivity index (χ0v) is 9.27. The van der Waals surface area contributed by atoms with Gasteiger partial charge in [-0.3, -0.25) is 0 Å². The molecule has 1 aromatic heterocycles. The van der Waals surface area contributed by atoms with E-state index in [9.17, 15) is 0 Å². The van der Waals surface area contributed by atoms with Crippen molar-refractivity contribution in [3.05, 3.63) is 36.2 Å².